The van der Waals surface area contributed by atoms with Crippen molar-refractivity contribution in [3.8, 4) is 0 Å². The van der Waals surface area contributed by atoms with Gasteiger partial charge in [-0.15, -0.1) is 0 Å². The molecule has 0 saturated carbocycles. The Morgan fingerprint density at radius 2 is 1.86 bits per heavy atom. The smallest absolute Gasteiger partial charge is 0.294 e. The van der Waals surface area contributed by atoms with E-state index in [1.54, 1.807) is 17.0 Å². The van der Waals surface area contributed by atoms with Crippen LogP contribution in [0.2, 0.25) is 5.02 Å². The lowest BCUT2D eigenvalue weighted by atomic mass is 10.1. The molecule has 0 bridgehead atoms. The lowest BCUT2D eigenvalue weighted by Crippen LogP contribution is -2.51. The molecule has 2 aromatic carbocycles. The molecule has 1 amide bonds. The standard InChI is InChI=1S/C20H23ClN4O3/c1-15(16-5-3-2-4-6-16)22-14-20(26)24-11-9-23(10-12-24)18-8-7-17(21)13-19(18)25(27)28/h2-8,13,15,22H,9-12,14H2,1H3/t15-/m1/s1. The second kappa shape index (κ2) is 9.03. The molecule has 8 heteroatoms. The zero-order chi connectivity index (χ0) is 20.1. The summed E-state index contributed by atoms with van der Waals surface area (Å²) in [6.07, 6.45) is 0. The molecule has 1 aliphatic rings. The molecule has 2 aromatic rings. The minimum atomic E-state index is -0.423. The molecule has 1 fully saturated rings. The summed E-state index contributed by atoms with van der Waals surface area (Å²) in [5.74, 6) is 0.0352. The van der Waals surface area contributed by atoms with Crippen molar-refractivity contribution in [2.75, 3.05) is 37.6 Å². The molecular weight excluding hydrogens is 380 g/mol. The van der Waals surface area contributed by atoms with E-state index in [1.165, 1.54) is 6.07 Å². The average molecular weight is 403 g/mol. The van der Waals surface area contributed by atoms with Crippen molar-refractivity contribution in [2.24, 2.45) is 0 Å². The SMILES string of the molecule is C[C@@H](NCC(=O)N1CCN(c2ccc(Cl)cc2[N+](=O)[O-])CC1)c1ccccc1. The minimum absolute atomic E-state index is 0.00868. The number of nitrogens with zero attached hydrogens (tertiary/aromatic N) is 3. The van der Waals surface area contributed by atoms with E-state index >= 15 is 0 Å². The summed E-state index contributed by atoms with van der Waals surface area (Å²) in [6, 6.07) is 14.7. The van der Waals surface area contributed by atoms with Gasteiger partial charge >= 0.3 is 0 Å². The van der Waals surface area contributed by atoms with E-state index in [0.717, 1.165) is 5.56 Å². The number of hydrogen-bond acceptors (Lipinski definition) is 5. The van der Waals surface area contributed by atoms with Crippen molar-refractivity contribution in [3.05, 3.63) is 69.2 Å². The molecule has 7 nitrogen and oxygen atoms in total. The normalized spacial score (nSPS) is 15.4. The first-order chi connectivity index (χ1) is 13.5. The highest BCUT2D eigenvalue weighted by molar-refractivity contribution is 6.30. The lowest BCUT2D eigenvalue weighted by molar-refractivity contribution is -0.384. The van der Waals surface area contributed by atoms with Gasteiger partial charge in [-0.1, -0.05) is 41.9 Å². The highest BCUT2D eigenvalue weighted by Gasteiger charge is 2.26. The topological polar surface area (TPSA) is 78.7 Å². The number of rotatable bonds is 6. The van der Waals surface area contributed by atoms with Crippen LogP contribution in [-0.2, 0) is 4.79 Å². The van der Waals surface area contributed by atoms with Gasteiger partial charge in [0.15, 0.2) is 0 Å². The average Bonchev–Trinajstić information content (AvgIpc) is 2.72. The zero-order valence-electron chi connectivity index (χ0n) is 15.7. The Morgan fingerprint density at radius 1 is 1.18 bits per heavy atom. The van der Waals surface area contributed by atoms with E-state index in [4.69, 9.17) is 11.6 Å². The predicted octanol–water partition coefficient (Wildman–Crippen LogP) is 3.25. The van der Waals surface area contributed by atoms with Crippen molar-refractivity contribution in [1.29, 1.82) is 0 Å². The minimum Gasteiger partial charge on any atom is -0.362 e. The van der Waals surface area contributed by atoms with Crippen LogP contribution in [0.5, 0.6) is 0 Å². The molecule has 0 unspecified atom stereocenters. The largest absolute Gasteiger partial charge is 0.362 e. The Bertz CT molecular complexity index is 839. The number of carbonyl (C=O) groups is 1. The first-order valence-corrected chi connectivity index (χ1v) is 9.58. The van der Waals surface area contributed by atoms with Crippen LogP contribution in [0.4, 0.5) is 11.4 Å². The molecule has 0 aromatic heterocycles. The quantitative estimate of drug-likeness (QED) is 0.592. The van der Waals surface area contributed by atoms with Crippen LogP contribution in [-0.4, -0.2) is 48.5 Å². The van der Waals surface area contributed by atoms with Gasteiger partial charge in [0, 0.05) is 43.3 Å². The summed E-state index contributed by atoms with van der Waals surface area (Å²) in [4.78, 5) is 27.1. The monoisotopic (exact) mass is 402 g/mol. The number of anilines is 1. The van der Waals surface area contributed by atoms with Crippen LogP contribution < -0.4 is 10.2 Å². The summed E-state index contributed by atoms with van der Waals surface area (Å²) in [5, 5.41) is 14.9. The number of benzene rings is 2. The number of halogens is 1. The maximum atomic E-state index is 12.5. The van der Waals surface area contributed by atoms with E-state index in [1.807, 2.05) is 42.2 Å². The van der Waals surface area contributed by atoms with E-state index in [2.05, 4.69) is 5.32 Å². The second-order valence-electron chi connectivity index (χ2n) is 6.77. The van der Waals surface area contributed by atoms with Gasteiger partial charge in [0.05, 0.1) is 11.5 Å². The number of amides is 1. The second-order valence-corrected chi connectivity index (χ2v) is 7.21. The Kier molecular flexibility index (Phi) is 6.49. The Morgan fingerprint density at radius 3 is 2.50 bits per heavy atom. The first kappa shape index (κ1) is 20.1. The van der Waals surface area contributed by atoms with Gasteiger partial charge in [-0.25, -0.2) is 0 Å². The van der Waals surface area contributed by atoms with Crippen LogP contribution in [0.3, 0.4) is 0 Å². The Hall–Kier alpha value is -2.64. The molecule has 28 heavy (non-hydrogen) atoms. The highest BCUT2D eigenvalue weighted by Crippen LogP contribution is 2.31. The summed E-state index contributed by atoms with van der Waals surface area (Å²) in [5.41, 5.74) is 1.66. The first-order valence-electron chi connectivity index (χ1n) is 9.20. The van der Waals surface area contributed by atoms with E-state index < -0.39 is 4.92 Å². The molecule has 0 radical (unpaired) electrons. The maximum Gasteiger partial charge on any atom is 0.294 e. The van der Waals surface area contributed by atoms with E-state index in [-0.39, 0.29) is 24.2 Å². The Balaban J connectivity index is 1.54. The molecule has 148 valence electrons. The van der Waals surface area contributed by atoms with Crippen LogP contribution in [0, 0.1) is 10.1 Å². The van der Waals surface area contributed by atoms with E-state index in [0.29, 0.717) is 36.9 Å². The Labute approximate surface area is 169 Å². The molecule has 1 atom stereocenters. The summed E-state index contributed by atoms with van der Waals surface area (Å²) < 4.78 is 0. The van der Waals surface area contributed by atoms with Gasteiger partial charge in [-0.05, 0) is 24.6 Å². The molecule has 1 aliphatic heterocycles. The van der Waals surface area contributed by atoms with Crippen molar-refractivity contribution in [3.63, 3.8) is 0 Å². The third-order valence-corrected chi connectivity index (χ3v) is 5.20. The number of nitro benzene ring substituents is 1. The van der Waals surface area contributed by atoms with Crippen molar-refractivity contribution >= 4 is 28.9 Å². The van der Waals surface area contributed by atoms with Gasteiger partial charge in [-0.3, -0.25) is 14.9 Å². The fourth-order valence-corrected chi connectivity index (χ4v) is 3.49. The van der Waals surface area contributed by atoms with Gasteiger partial charge in [-0.2, -0.15) is 0 Å². The number of nitro groups is 1. The van der Waals surface area contributed by atoms with Crippen molar-refractivity contribution in [1.82, 2.24) is 10.2 Å². The van der Waals surface area contributed by atoms with Crippen LogP contribution in [0.25, 0.3) is 0 Å². The van der Waals surface area contributed by atoms with Gasteiger partial charge in [0.1, 0.15) is 5.69 Å². The summed E-state index contributed by atoms with van der Waals surface area (Å²) >= 11 is 5.89. The third kappa shape index (κ3) is 4.79. The lowest BCUT2D eigenvalue weighted by Gasteiger charge is -2.36. The molecule has 0 aliphatic carbocycles. The van der Waals surface area contributed by atoms with Crippen LogP contribution >= 0.6 is 11.6 Å². The van der Waals surface area contributed by atoms with Crippen molar-refractivity contribution < 1.29 is 9.72 Å². The number of hydrogen-bond donors (Lipinski definition) is 1. The molecule has 1 N–H and O–H groups in total. The van der Waals surface area contributed by atoms with Crippen LogP contribution in [0.1, 0.15) is 18.5 Å². The molecule has 3 rings (SSSR count). The molecule has 0 spiro atoms. The third-order valence-electron chi connectivity index (χ3n) is 4.97. The highest BCUT2D eigenvalue weighted by atomic mass is 35.5. The zero-order valence-corrected chi connectivity index (χ0v) is 16.4. The van der Waals surface area contributed by atoms with Crippen molar-refractivity contribution in [2.45, 2.75) is 13.0 Å². The molecule has 1 heterocycles. The predicted molar refractivity (Wildman–Crippen MR) is 110 cm³/mol. The molecular formula is C20H23ClN4O3. The van der Waals surface area contributed by atoms with Gasteiger partial charge < -0.3 is 15.1 Å². The number of nitrogens with one attached hydrogen (secondary N) is 1. The van der Waals surface area contributed by atoms with Crippen LogP contribution in [0.15, 0.2) is 48.5 Å². The van der Waals surface area contributed by atoms with Gasteiger partial charge in [0.2, 0.25) is 5.91 Å². The number of piperazine rings is 1. The fourth-order valence-electron chi connectivity index (χ4n) is 3.32. The molecule has 1 saturated heterocycles. The number of carbonyl (C=O) groups excluding carboxylic acids is 1. The maximum absolute atomic E-state index is 12.5. The summed E-state index contributed by atoms with van der Waals surface area (Å²) in [6.45, 7) is 4.43. The van der Waals surface area contributed by atoms with E-state index in [9.17, 15) is 14.9 Å². The van der Waals surface area contributed by atoms with Gasteiger partial charge in [0.25, 0.3) is 5.69 Å². The fraction of sp³-hybridized carbons (Fsp3) is 0.350. The summed E-state index contributed by atoms with van der Waals surface area (Å²) in [7, 11) is 0.